The summed E-state index contributed by atoms with van der Waals surface area (Å²) in [5.74, 6) is 0.477. The summed E-state index contributed by atoms with van der Waals surface area (Å²) in [5.41, 5.74) is 5.28. The summed E-state index contributed by atoms with van der Waals surface area (Å²) < 4.78 is 8.39. The maximum Gasteiger partial charge on any atom is 0.187 e. The largest absolute Gasteiger partial charge is 0.378 e. The van der Waals surface area contributed by atoms with Crippen LogP contribution in [0.4, 0.5) is 5.13 Å². The molecule has 0 amide bonds. The van der Waals surface area contributed by atoms with Crippen LogP contribution in [0.3, 0.4) is 0 Å². The highest BCUT2D eigenvalue weighted by Gasteiger charge is 2.25. The second kappa shape index (κ2) is 8.08. The molecule has 3 aromatic heterocycles. The first kappa shape index (κ1) is 19.8. The van der Waals surface area contributed by atoms with Crippen LogP contribution in [-0.2, 0) is 4.74 Å². The third-order valence-corrected chi connectivity index (χ3v) is 7.38. The third kappa shape index (κ3) is 3.46. The molecule has 3 aromatic rings. The Morgan fingerprint density at radius 3 is 2.57 bits per heavy atom. The number of thiazole rings is 1. The van der Waals surface area contributed by atoms with Crippen molar-refractivity contribution in [3.8, 4) is 10.4 Å². The van der Waals surface area contributed by atoms with E-state index >= 15 is 0 Å². The zero-order valence-corrected chi connectivity index (χ0v) is 19.2. The van der Waals surface area contributed by atoms with Gasteiger partial charge in [-0.15, -0.1) is 0 Å². The molecule has 150 valence electrons. The molecule has 1 aliphatic heterocycles. The van der Waals surface area contributed by atoms with Crippen molar-refractivity contribution in [1.29, 1.82) is 0 Å². The second-order valence-corrected chi connectivity index (χ2v) is 8.98. The van der Waals surface area contributed by atoms with Gasteiger partial charge in [0.25, 0.3) is 0 Å². The van der Waals surface area contributed by atoms with Crippen molar-refractivity contribution < 1.29 is 4.74 Å². The first-order valence-electron chi connectivity index (χ1n) is 9.89. The van der Waals surface area contributed by atoms with E-state index in [1.54, 1.807) is 11.3 Å². The van der Waals surface area contributed by atoms with Gasteiger partial charge in [-0.3, -0.25) is 0 Å². The van der Waals surface area contributed by atoms with Crippen molar-refractivity contribution in [2.24, 2.45) is 0 Å². The number of hydrogen-bond donors (Lipinski definition) is 0. The SMILES string of the molecule is CCC(CC)c1cc(C)nc2c(-c3sc(N4CCOCC4)nc3Br)c(C)nn12. The zero-order valence-electron chi connectivity index (χ0n) is 16.8. The molecular formula is C20H26BrN5OS. The van der Waals surface area contributed by atoms with Crippen LogP contribution in [0.15, 0.2) is 10.7 Å². The maximum atomic E-state index is 5.48. The van der Waals surface area contributed by atoms with E-state index in [4.69, 9.17) is 19.8 Å². The predicted molar refractivity (Wildman–Crippen MR) is 118 cm³/mol. The lowest BCUT2D eigenvalue weighted by Gasteiger charge is -2.25. The van der Waals surface area contributed by atoms with Gasteiger partial charge in [0.15, 0.2) is 10.8 Å². The Balaban J connectivity index is 1.85. The predicted octanol–water partition coefficient (Wildman–Crippen LogP) is 4.97. The van der Waals surface area contributed by atoms with Crippen LogP contribution >= 0.6 is 27.3 Å². The van der Waals surface area contributed by atoms with Gasteiger partial charge in [0, 0.05) is 30.4 Å². The lowest BCUT2D eigenvalue weighted by Crippen LogP contribution is -2.36. The van der Waals surface area contributed by atoms with Crippen molar-refractivity contribution in [3.05, 3.63) is 27.8 Å². The molecule has 0 unspecified atom stereocenters. The van der Waals surface area contributed by atoms with Crippen LogP contribution in [0, 0.1) is 13.8 Å². The van der Waals surface area contributed by atoms with Crippen LogP contribution in [0.25, 0.3) is 16.1 Å². The Hall–Kier alpha value is -1.51. The van der Waals surface area contributed by atoms with Crippen LogP contribution < -0.4 is 4.90 Å². The average molecular weight is 464 g/mol. The summed E-state index contributed by atoms with van der Waals surface area (Å²) in [4.78, 5) is 13.1. The van der Waals surface area contributed by atoms with Crippen molar-refractivity contribution >= 4 is 38.0 Å². The quantitative estimate of drug-likeness (QED) is 0.534. The van der Waals surface area contributed by atoms with Gasteiger partial charge in [-0.1, -0.05) is 25.2 Å². The minimum atomic E-state index is 0.477. The lowest BCUT2D eigenvalue weighted by atomic mass is 9.98. The summed E-state index contributed by atoms with van der Waals surface area (Å²) in [6.07, 6.45) is 2.18. The zero-order chi connectivity index (χ0) is 19.8. The molecule has 1 aliphatic rings. The number of fused-ring (bicyclic) bond motifs is 1. The lowest BCUT2D eigenvalue weighted by molar-refractivity contribution is 0.122. The Kier molecular flexibility index (Phi) is 5.71. The number of ether oxygens (including phenoxy) is 1. The first-order valence-corrected chi connectivity index (χ1v) is 11.5. The number of nitrogens with zero attached hydrogens (tertiary/aromatic N) is 5. The Bertz CT molecular complexity index is 988. The van der Waals surface area contributed by atoms with Crippen molar-refractivity contribution in [3.63, 3.8) is 0 Å². The summed E-state index contributed by atoms with van der Waals surface area (Å²) >= 11 is 5.40. The molecule has 6 nitrogen and oxygen atoms in total. The molecule has 0 saturated carbocycles. The van der Waals surface area contributed by atoms with Crippen LogP contribution in [-0.4, -0.2) is 45.9 Å². The summed E-state index contributed by atoms with van der Waals surface area (Å²) in [6, 6.07) is 2.18. The van der Waals surface area contributed by atoms with Crippen molar-refractivity contribution in [2.45, 2.75) is 46.5 Å². The fraction of sp³-hybridized carbons (Fsp3) is 0.550. The van der Waals surface area contributed by atoms with Gasteiger partial charge in [-0.05, 0) is 48.7 Å². The molecule has 0 atom stereocenters. The highest BCUT2D eigenvalue weighted by atomic mass is 79.9. The first-order chi connectivity index (χ1) is 13.5. The monoisotopic (exact) mass is 463 g/mol. The topological polar surface area (TPSA) is 55.5 Å². The minimum Gasteiger partial charge on any atom is -0.378 e. The number of rotatable bonds is 5. The summed E-state index contributed by atoms with van der Waals surface area (Å²) in [5, 5.41) is 5.91. The average Bonchev–Trinajstić information content (AvgIpc) is 3.22. The van der Waals surface area contributed by atoms with Gasteiger partial charge in [-0.25, -0.2) is 14.5 Å². The van der Waals surface area contributed by atoms with E-state index in [1.807, 2.05) is 0 Å². The number of morpholine rings is 1. The Morgan fingerprint density at radius 2 is 1.89 bits per heavy atom. The van der Waals surface area contributed by atoms with Gasteiger partial charge in [-0.2, -0.15) is 5.10 Å². The highest BCUT2D eigenvalue weighted by molar-refractivity contribution is 9.10. The third-order valence-electron chi connectivity index (χ3n) is 5.41. The molecule has 4 heterocycles. The van der Waals surface area contributed by atoms with Gasteiger partial charge >= 0.3 is 0 Å². The second-order valence-electron chi connectivity index (χ2n) is 7.25. The standard InChI is InChI=1S/C20H26BrN5OS/c1-5-14(6-2)15-11-12(3)22-19-16(13(4)24-26(15)19)17-18(21)23-20(28-17)25-7-9-27-10-8-25/h11,14H,5-10H2,1-4H3. The van der Waals surface area contributed by atoms with Crippen LogP contribution in [0.1, 0.15) is 49.7 Å². The molecule has 8 heteroatoms. The molecule has 0 aromatic carbocycles. The molecule has 1 fully saturated rings. The molecule has 0 N–H and O–H groups in total. The summed E-state index contributed by atoms with van der Waals surface area (Å²) in [7, 11) is 0. The van der Waals surface area contributed by atoms with E-state index in [1.165, 1.54) is 5.69 Å². The number of aryl methyl sites for hydroxylation is 2. The van der Waals surface area contributed by atoms with Crippen LogP contribution in [0.2, 0.25) is 0 Å². The highest BCUT2D eigenvalue weighted by Crippen LogP contribution is 2.41. The van der Waals surface area contributed by atoms with E-state index in [2.05, 4.69) is 59.1 Å². The molecule has 4 rings (SSSR count). The van der Waals surface area contributed by atoms with Crippen molar-refractivity contribution in [1.82, 2.24) is 19.6 Å². The number of aromatic nitrogens is 4. The molecular weight excluding hydrogens is 438 g/mol. The molecule has 0 bridgehead atoms. The molecule has 0 aliphatic carbocycles. The fourth-order valence-corrected chi connectivity index (χ4v) is 5.70. The smallest absolute Gasteiger partial charge is 0.187 e. The molecule has 0 spiro atoms. The van der Waals surface area contributed by atoms with E-state index < -0.39 is 0 Å². The van der Waals surface area contributed by atoms with Gasteiger partial charge in [0.2, 0.25) is 0 Å². The maximum absolute atomic E-state index is 5.48. The molecule has 1 saturated heterocycles. The van der Waals surface area contributed by atoms with Gasteiger partial charge in [0.1, 0.15) is 4.60 Å². The molecule has 28 heavy (non-hydrogen) atoms. The Labute approximate surface area is 178 Å². The van der Waals surface area contributed by atoms with Gasteiger partial charge in [0.05, 0.1) is 29.3 Å². The fourth-order valence-electron chi connectivity index (χ4n) is 3.87. The van der Waals surface area contributed by atoms with Gasteiger partial charge < -0.3 is 9.64 Å². The number of anilines is 1. The van der Waals surface area contributed by atoms with E-state index in [0.717, 1.165) is 76.4 Å². The van der Waals surface area contributed by atoms with Crippen molar-refractivity contribution in [2.75, 3.05) is 31.2 Å². The van der Waals surface area contributed by atoms with E-state index in [-0.39, 0.29) is 0 Å². The normalized spacial score (nSPS) is 15.1. The summed E-state index contributed by atoms with van der Waals surface area (Å²) in [6.45, 7) is 11.9. The minimum absolute atomic E-state index is 0.477. The van der Waals surface area contributed by atoms with Crippen LogP contribution in [0.5, 0.6) is 0 Å². The molecule has 0 radical (unpaired) electrons. The Morgan fingerprint density at radius 1 is 1.18 bits per heavy atom. The van der Waals surface area contributed by atoms with E-state index in [0.29, 0.717) is 5.92 Å². The van der Waals surface area contributed by atoms with E-state index in [9.17, 15) is 0 Å². The number of halogens is 1. The number of hydrogen-bond acceptors (Lipinski definition) is 6.